The van der Waals surface area contributed by atoms with E-state index in [2.05, 4.69) is 4.74 Å². The zero-order valence-corrected chi connectivity index (χ0v) is 9.97. The van der Waals surface area contributed by atoms with Gasteiger partial charge in [0.25, 0.3) is 0 Å². The molecule has 1 aromatic carbocycles. The van der Waals surface area contributed by atoms with Gasteiger partial charge in [0.2, 0.25) is 5.82 Å². The first-order chi connectivity index (χ1) is 6.49. The first kappa shape index (κ1) is 14.3. The second kappa shape index (κ2) is 5.39. The van der Waals surface area contributed by atoms with E-state index in [-0.39, 0.29) is 37.1 Å². The number of aromatic carboxylic acids is 1. The Morgan fingerprint density at radius 1 is 1.40 bits per heavy atom. The normalized spacial score (nSPS) is 9.33. The molecule has 0 bridgehead atoms. The van der Waals surface area contributed by atoms with Gasteiger partial charge in [0, 0.05) is 0 Å². The molecule has 0 radical (unpaired) electrons. The Morgan fingerprint density at radius 2 is 1.93 bits per heavy atom. The molecular weight excluding hydrogens is 224 g/mol. The van der Waals surface area contributed by atoms with Gasteiger partial charge in [0.1, 0.15) is 5.56 Å². The molecule has 78 valence electrons. The summed E-state index contributed by atoms with van der Waals surface area (Å²) in [6.07, 6.45) is 0. The van der Waals surface area contributed by atoms with Gasteiger partial charge in [-0.05, 0) is 6.07 Å². The van der Waals surface area contributed by atoms with Crippen molar-refractivity contribution >= 4 is 5.97 Å². The van der Waals surface area contributed by atoms with Crippen molar-refractivity contribution in [1.29, 1.82) is 0 Å². The number of carboxylic acids is 1. The molecule has 7 heteroatoms. The molecule has 0 aliphatic rings. The number of ether oxygens (including phenoxy) is 1. The van der Waals surface area contributed by atoms with Crippen LogP contribution in [0.3, 0.4) is 0 Å². The monoisotopic (exact) mass is 230 g/mol. The van der Waals surface area contributed by atoms with E-state index >= 15 is 0 Å². The van der Waals surface area contributed by atoms with Crippen LogP contribution in [0.15, 0.2) is 6.07 Å². The minimum Gasteiger partial charge on any atom is -1.00 e. The number of hydrogen-bond donors (Lipinski definition) is 1. The van der Waals surface area contributed by atoms with Crippen LogP contribution in [0.25, 0.3) is 0 Å². The van der Waals surface area contributed by atoms with E-state index in [9.17, 15) is 18.0 Å². The van der Waals surface area contributed by atoms with E-state index in [0.717, 1.165) is 7.11 Å². The summed E-state index contributed by atoms with van der Waals surface area (Å²) in [5, 5.41) is 8.42. The molecule has 0 aliphatic heterocycles. The summed E-state index contributed by atoms with van der Waals surface area (Å²) >= 11 is 0. The average Bonchev–Trinajstić information content (AvgIpc) is 2.12. The molecule has 0 unspecified atom stereocenters. The van der Waals surface area contributed by atoms with E-state index < -0.39 is 34.7 Å². The third-order valence-corrected chi connectivity index (χ3v) is 1.55. The molecule has 1 aromatic rings. The molecule has 0 spiro atoms. The van der Waals surface area contributed by atoms with Crippen LogP contribution in [-0.2, 0) is 0 Å². The molecule has 15 heavy (non-hydrogen) atoms. The zero-order valence-electron chi connectivity index (χ0n) is 8.97. The Hall–Kier alpha value is -0.720. The van der Waals surface area contributed by atoms with Gasteiger partial charge in [0.15, 0.2) is 17.4 Å². The summed E-state index contributed by atoms with van der Waals surface area (Å²) < 4.78 is 42.7. The first-order valence-electron chi connectivity index (χ1n) is 3.43. The molecule has 0 saturated carbocycles. The number of carboxylic acid groups (broad SMARTS) is 1. The summed E-state index contributed by atoms with van der Waals surface area (Å²) in [6, 6.07) is 0.259. The average molecular weight is 230 g/mol. The van der Waals surface area contributed by atoms with Gasteiger partial charge in [-0.2, -0.15) is 4.39 Å². The topological polar surface area (TPSA) is 46.5 Å². The molecule has 1 rings (SSSR count). The molecule has 1 N–H and O–H groups in total. The van der Waals surface area contributed by atoms with Crippen LogP contribution >= 0.6 is 0 Å². The van der Waals surface area contributed by atoms with Gasteiger partial charge in [-0.25, -0.2) is 13.6 Å². The molecule has 0 heterocycles. The van der Waals surface area contributed by atoms with Gasteiger partial charge < -0.3 is 11.3 Å². The van der Waals surface area contributed by atoms with Crippen molar-refractivity contribution < 1.29 is 58.8 Å². The van der Waals surface area contributed by atoms with E-state index in [1.54, 1.807) is 0 Å². The third kappa shape index (κ3) is 2.64. The molecular formula is C8H6F3NaO3. The second-order valence-electron chi connectivity index (χ2n) is 2.37. The Labute approximate surface area is 107 Å². The molecule has 0 aromatic heterocycles. The third-order valence-electron chi connectivity index (χ3n) is 1.55. The van der Waals surface area contributed by atoms with Crippen LogP contribution in [0.5, 0.6) is 5.75 Å². The van der Waals surface area contributed by atoms with Gasteiger partial charge in [-0.1, -0.05) is 0 Å². The summed E-state index contributed by atoms with van der Waals surface area (Å²) in [7, 11) is 0.909. The quantitative estimate of drug-likeness (QED) is 0.519. The van der Waals surface area contributed by atoms with E-state index in [0.29, 0.717) is 0 Å². The number of benzene rings is 1. The Kier molecular flexibility index (Phi) is 5.13. The number of methoxy groups -OCH3 is 1. The van der Waals surface area contributed by atoms with Gasteiger partial charge in [-0.15, -0.1) is 0 Å². The molecule has 0 fully saturated rings. The number of halogens is 3. The van der Waals surface area contributed by atoms with Gasteiger partial charge in [0.05, 0.1) is 7.11 Å². The van der Waals surface area contributed by atoms with E-state index in [1.807, 2.05) is 0 Å². The Bertz CT molecular complexity index is 401. The van der Waals surface area contributed by atoms with Crippen molar-refractivity contribution in [3.63, 3.8) is 0 Å². The summed E-state index contributed by atoms with van der Waals surface area (Å²) in [6.45, 7) is 0. The summed E-state index contributed by atoms with van der Waals surface area (Å²) in [5.74, 6) is -7.18. The van der Waals surface area contributed by atoms with Crippen molar-refractivity contribution in [2.24, 2.45) is 0 Å². The smallest absolute Gasteiger partial charge is 1.00 e. The maximum atomic E-state index is 13.1. The minimum absolute atomic E-state index is 0. The van der Waals surface area contributed by atoms with Gasteiger partial charge >= 0.3 is 35.5 Å². The van der Waals surface area contributed by atoms with Crippen molar-refractivity contribution in [3.05, 3.63) is 29.1 Å². The maximum Gasteiger partial charge on any atom is 1.00 e. The summed E-state index contributed by atoms with van der Waals surface area (Å²) in [4.78, 5) is 10.4. The largest absolute Gasteiger partial charge is 1.00 e. The molecule has 0 saturated heterocycles. The minimum atomic E-state index is -1.69. The maximum absolute atomic E-state index is 13.1. The van der Waals surface area contributed by atoms with E-state index in [4.69, 9.17) is 5.11 Å². The standard InChI is InChI=1S/C8H5F3O3.Na.H/c1-14-7-5(10)3(8(12)13)2-4(9)6(7)11;;/h2H,1H3,(H,12,13);;/q;+1;-1. The van der Waals surface area contributed by atoms with Crippen LogP contribution in [-0.4, -0.2) is 18.2 Å². The molecule has 0 aliphatic carbocycles. The van der Waals surface area contributed by atoms with Crippen LogP contribution in [0.4, 0.5) is 13.2 Å². The number of rotatable bonds is 2. The summed E-state index contributed by atoms with van der Waals surface area (Å²) in [5.41, 5.74) is -0.972. The fourth-order valence-corrected chi connectivity index (χ4v) is 0.915. The molecule has 0 atom stereocenters. The number of carbonyl (C=O) groups is 1. The second-order valence-corrected chi connectivity index (χ2v) is 2.37. The van der Waals surface area contributed by atoms with Crippen molar-refractivity contribution in [3.8, 4) is 5.75 Å². The van der Waals surface area contributed by atoms with Crippen LogP contribution in [0, 0.1) is 17.5 Å². The first-order valence-corrected chi connectivity index (χ1v) is 3.43. The molecule has 3 nitrogen and oxygen atoms in total. The predicted octanol–water partition coefficient (Wildman–Crippen LogP) is -1.07. The van der Waals surface area contributed by atoms with Crippen molar-refractivity contribution in [1.82, 2.24) is 0 Å². The fraction of sp³-hybridized carbons (Fsp3) is 0.125. The SMILES string of the molecule is COc1c(F)c(F)cc(C(=O)O)c1F.[H-].[Na+]. The van der Waals surface area contributed by atoms with Crippen molar-refractivity contribution in [2.45, 2.75) is 0 Å². The predicted molar refractivity (Wildman–Crippen MR) is 40.9 cm³/mol. The number of hydrogen-bond acceptors (Lipinski definition) is 2. The molecule has 0 amide bonds. The van der Waals surface area contributed by atoms with Crippen LogP contribution in [0.1, 0.15) is 11.8 Å². The van der Waals surface area contributed by atoms with Crippen LogP contribution < -0.4 is 34.3 Å². The van der Waals surface area contributed by atoms with Crippen molar-refractivity contribution in [2.75, 3.05) is 7.11 Å². The Balaban J connectivity index is 0. The Morgan fingerprint density at radius 3 is 2.33 bits per heavy atom. The fourth-order valence-electron chi connectivity index (χ4n) is 0.915. The van der Waals surface area contributed by atoms with Crippen LogP contribution in [0.2, 0.25) is 0 Å². The zero-order chi connectivity index (χ0) is 10.9. The van der Waals surface area contributed by atoms with E-state index in [1.165, 1.54) is 0 Å². The van der Waals surface area contributed by atoms with Gasteiger partial charge in [-0.3, -0.25) is 0 Å².